The summed E-state index contributed by atoms with van der Waals surface area (Å²) in [6.07, 6.45) is 0. The largest absolute Gasteiger partial charge is 0.484 e. The molecule has 0 unspecified atom stereocenters. The third kappa shape index (κ3) is 4.45. The molecule has 5 nitrogen and oxygen atoms in total. The molecule has 0 spiro atoms. The number of benzene rings is 4. The molecular weight excluding hydrogens is 455 g/mol. The van der Waals surface area contributed by atoms with Crippen molar-refractivity contribution in [1.82, 2.24) is 4.90 Å². The standard InChI is InChI=1S/C27H20ClFN2O3/c28-20-8-12-24-23(14-20)27(18-5-9-21(29)10-6-18)31(15-25(32)30-24)26(33)16-34-22-11-7-17-3-1-2-4-19(17)13-22/h1-14,27H,15-16H2,(H,30,32)/t27-/m1/s1. The first-order chi connectivity index (χ1) is 16.5. The van der Waals surface area contributed by atoms with Crippen molar-refractivity contribution in [1.29, 1.82) is 0 Å². The summed E-state index contributed by atoms with van der Waals surface area (Å²) >= 11 is 6.26. The average molecular weight is 475 g/mol. The molecular formula is C27H20ClFN2O3. The van der Waals surface area contributed by atoms with Gasteiger partial charge in [0.1, 0.15) is 18.1 Å². The van der Waals surface area contributed by atoms with Gasteiger partial charge in [-0.05, 0) is 58.8 Å². The number of anilines is 1. The van der Waals surface area contributed by atoms with Gasteiger partial charge in [-0.3, -0.25) is 9.59 Å². The van der Waals surface area contributed by atoms with Crippen molar-refractivity contribution in [2.45, 2.75) is 6.04 Å². The Kier molecular flexibility index (Phi) is 5.90. The van der Waals surface area contributed by atoms with E-state index in [4.69, 9.17) is 16.3 Å². The molecule has 0 bridgehead atoms. The minimum absolute atomic E-state index is 0.186. The van der Waals surface area contributed by atoms with Gasteiger partial charge in [0, 0.05) is 16.3 Å². The van der Waals surface area contributed by atoms with Crippen LogP contribution < -0.4 is 10.1 Å². The Balaban J connectivity index is 1.48. The molecule has 2 amide bonds. The monoisotopic (exact) mass is 474 g/mol. The number of carbonyl (C=O) groups is 2. The Morgan fingerprint density at radius 3 is 2.56 bits per heavy atom. The van der Waals surface area contributed by atoms with E-state index in [0.717, 1.165) is 10.8 Å². The van der Waals surface area contributed by atoms with Crippen LogP contribution in [0.2, 0.25) is 5.02 Å². The highest BCUT2D eigenvalue weighted by atomic mass is 35.5. The lowest BCUT2D eigenvalue weighted by Crippen LogP contribution is -2.41. The first kappa shape index (κ1) is 21.9. The quantitative estimate of drug-likeness (QED) is 0.420. The van der Waals surface area contributed by atoms with Crippen LogP contribution in [0.15, 0.2) is 84.9 Å². The fourth-order valence-corrected chi connectivity index (χ4v) is 4.38. The van der Waals surface area contributed by atoms with Gasteiger partial charge in [0.25, 0.3) is 5.91 Å². The summed E-state index contributed by atoms with van der Waals surface area (Å²) < 4.78 is 19.5. The zero-order valence-corrected chi connectivity index (χ0v) is 18.8. The number of halogens is 2. The molecule has 1 aliphatic rings. The van der Waals surface area contributed by atoms with Crippen molar-refractivity contribution in [3.05, 3.63) is 107 Å². The molecule has 170 valence electrons. The van der Waals surface area contributed by atoms with Crippen LogP contribution in [0.3, 0.4) is 0 Å². The molecule has 1 heterocycles. The number of rotatable bonds is 4. The van der Waals surface area contributed by atoms with Crippen LogP contribution in [-0.4, -0.2) is 29.9 Å². The average Bonchev–Trinajstić information content (AvgIpc) is 2.98. The molecule has 1 atom stereocenters. The summed E-state index contributed by atoms with van der Waals surface area (Å²) in [5.74, 6) is -0.568. The second-order valence-corrected chi connectivity index (χ2v) is 8.49. The minimum atomic E-state index is -0.652. The maximum atomic E-state index is 13.6. The molecule has 0 saturated carbocycles. The summed E-state index contributed by atoms with van der Waals surface area (Å²) in [5, 5.41) is 5.35. The van der Waals surface area contributed by atoms with E-state index < -0.39 is 11.9 Å². The van der Waals surface area contributed by atoms with Gasteiger partial charge in [0.2, 0.25) is 5.91 Å². The van der Waals surface area contributed by atoms with E-state index in [1.54, 1.807) is 36.4 Å². The maximum Gasteiger partial charge on any atom is 0.261 e. The van der Waals surface area contributed by atoms with Gasteiger partial charge in [0.15, 0.2) is 6.61 Å². The highest BCUT2D eigenvalue weighted by Crippen LogP contribution is 2.37. The van der Waals surface area contributed by atoms with Gasteiger partial charge in [-0.1, -0.05) is 54.1 Å². The summed E-state index contributed by atoms with van der Waals surface area (Å²) in [4.78, 5) is 27.5. The summed E-state index contributed by atoms with van der Waals surface area (Å²) in [5.41, 5.74) is 1.85. The Bertz CT molecular complexity index is 1390. The number of carbonyl (C=O) groups excluding carboxylic acids is 2. The lowest BCUT2D eigenvalue weighted by molar-refractivity contribution is -0.138. The zero-order valence-electron chi connectivity index (χ0n) is 18.0. The Labute approximate surface area is 200 Å². The Morgan fingerprint density at radius 1 is 1.00 bits per heavy atom. The molecule has 1 N–H and O–H groups in total. The molecule has 1 aliphatic heterocycles. The maximum absolute atomic E-state index is 13.6. The first-order valence-electron chi connectivity index (χ1n) is 10.7. The van der Waals surface area contributed by atoms with Gasteiger partial charge < -0.3 is 15.0 Å². The molecule has 4 aromatic rings. The predicted octanol–water partition coefficient (Wildman–Crippen LogP) is 5.58. The van der Waals surface area contributed by atoms with Crippen LogP contribution in [0.4, 0.5) is 10.1 Å². The molecule has 5 rings (SSSR count). The normalized spacial score (nSPS) is 15.4. The molecule has 34 heavy (non-hydrogen) atoms. The van der Waals surface area contributed by atoms with E-state index >= 15 is 0 Å². The van der Waals surface area contributed by atoms with Gasteiger partial charge >= 0.3 is 0 Å². The molecule has 4 aromatic carbocycles. The lowest BCUT2D eigenvalue weighted by atomic mass is 9.95. The number of amides is 2. The summed E-state index contributed by atoms with van der Waals surface area (Å²) in [7, 11) is 0. The van der Waals surface area contributed by atoms with Crippen molar-refractivity contribution >= 4 is 39.9 Å². The highest BCUT2D eigenvalue weighted by molar-refractivity contribution is 6.30. The molecule has 0 fully saturated rings. The van der Waals surface area contributed by atoms with Crippen LogP contribution in [0, 0.1) is 5.82 Å². The van der Waals surface area contributed by atoms with Crippen LogP contribution in [-0.2, 0) is 9.59 Å². The van der Waals surface area contributed by atoms with Crippen molar-refractivity contribution in [2.75, 3.05) is 18.5 Å². The van der Waals surface area contributed by atoms with Gasteiger partial charge in [-0.25, -0.2) is 4.39 Å². The molecule has 0 saturated heterocycles. The van der Waals surface area contributed by atoms with Crippen LogP contribution in [0.5, 0.6) is 5.75 Å². The second-order valence-electron chi connectivity index (χ2n) is 8.05. The topological polar surface area (TPSA) is 58.6 Å². The van der Waals surface area contributed by atoms with Gasteiger partial charge in [-0.15, -0.1) is 0 Å². The predicted molar refractivity (Wildman–Crippen MR) is 129 cm³/mol. The molecule has 0 radical (unpaired) electrons. The fourth-order valence-electron chi connectivity index (χ4n) is 4.20. The van der Waals surface area contributed by atoms with Crippen LogP contribution >= 0.6 is 11.6 Å². The molecule has 0 aromatic heterocycles. The number of hydrogen-bond donors (Lipinski definition) is 1. The highest BCUT2D eigenvalue weighted by Gasteiger charge is 2.33. The minimum Gasteiger partial charge on any atom is -0.484 e. The summed E-state index contributed by atoms with van der Waals surface area (Å²) in [6.45, 7) is -0.451. The third-order valence-electron chi connectivity index (χ3n) is 5.80. The van der Waals surface area contributed by atoms with E-state index in [0.29, 0.717) is 27.6 Å². The zero-order chi connectivity index (χ0) is 23.7. The number of nitrogens with one attached hydrogen (secondary N) is 1. The Morgan fingerprint density at radius 2 is 1.76 bits per heavy atom. The van der Waals surface area contributed by atoms with Crippen molar-refractivity contribution in [3.63, 3.8) is 0 Å². The van der Waals surface area contributed by atoms with Crippen molar-refractivity contribution < 1.29 is 18.7 Å². The number of fused-ring (bicyclic) bond motifs is 2. The van der Waals surface area contributed by atoms with Crippen LogP contribution in [0.25, 0.3) is 10.8 Å². The Hall–Kier alpha value is -3.90. The van der Waals surface area contributed by atoms with E-state index in [2.05, 4.69) is 5.32 Å². The third-order valence-corrected chi connectivity index (χ3v) is 6.03. The van der Waals surface area contributed by atoms with Crippen molar-refractivity contribution in [2.24, 2.45) is 0 Å². The van der Waals surface area contributed by atoms with E-state index in [1.165, 1.54) is 17.0 Å². The number of hydrogen-bond acceptors (Lipinski definition) is 3. The van der Waals surface area contributed by atoms with Crippen molar-refractivity contribution in [3.8, 4) is 5.75 Å². The van der Waals surface area contributed by atoms with Gasteiger partial charge in [-0.2, -0.15) is 0 Å². The molecule has 0 aliphatic carbocycles. The van der Waals surface area contributed by atoms with E-state index in [9.17, 15) is 14.0 Å². The number of nitrogens with zero attached hydrogens (tertiary/aromatic N) is 1. The first-order valence-corrected chi connectivity index (χ1v) is 11.1. The lowest BCUT2D eigenvalue weighted by Gasteiger charge is -2.30. The fraction of sp³-hybridized carbons (Fsp3) is 0.111. The second kappa shape index (κ2) is 9.15. The van der Waals surface area contributed by atoms with E-state index in [-0.39, 0.29) is 25.0 Å². The van der Waals surface area contributed by atoms with Gasteiger partial charge in [0.05, 0.1) is 6.04 Å². The number of ether oxygens (including phenoxy) is 1. The van der Waals surface area contributed by atoms with E-state index in [1.807, 2.05) is 36.4 Å². The SMILES string of the molecule is O=C1CN(C(=O)COc2ccc3ccccc3c2)[C@H](c2ccc(F)cc2)c2cc(Cl)ccc2N1. The molecule has 7 heteroatoms. The summed E-state index contributed by atoms with van der Waals surface area (Å²) in [6, 6.07) is 23.7. The van der Waals surface area contributed by atoms with Crippen LogP contribution in [0.1, 0.15) is 17.2 Å². The smallest absolute Gasteiger partial charge is 0.261 e.